The Morgan fingerprint density at radius 2 is 2.21 bits per heavy atom. The second-order valence-corrected chi connectivity index (χ2v) is 7.83. The summed E-state index contributed by atoms with van der Waals surface area (Å²) in [5.41, 5.74) is 0. The van der Waals surface area contributed by atoms with Gasteiger partial charge in [0.15, 0.2) is 0 Å². The zero-order valence-electron chi connectivity index (χ0n) is 15.7. The van der Waals surface area contributed by atoms with E-state index in [4.69, 9.17) is 21.1 Å². The number of carbonyl (C=O) groups is 1. The highest BCUT2D eigenvalue weighted by Gasteiger charge is 2.42. The van der Waals surface area contributed by atoms with Crippen LogP contribution in [0, 0.1) is 11.8 Å². The van der Waals surface area contributed by atoms with Gasteiger partial charge in [-0.2, -0.15) is 0 Å². The van der Waals surface area contributed by atoms with Crippen molar-refractivity contribution < 1.29 is 24.5 Å². The van der Waals surface area contributed by atoms with E-state index < -0.39 is 12.2 Å². The Morgan fingerprint density at radius 3 is 3.04 bits per heavy atom. The molecule has 0 spiro atoms. The summed E-state index contributed by atoms with van der Waals surface area (Å²) < 4.78 is 11.2. The number of halogens is 1. The molecule has 28 heavy (non-hydrogen) atoms. The van der Waals surface area contributed by atoms with Crippen molar-refractivity contribution >= 4 is 17.6 Å². The van der Waals surface area contributed by atoms with E-state index in [1.54, 1.807) is 30.3 Å². The highest BCUT2D eigenvalue weighted by Crippen LogP contribution is 2.38. The molecule has 6 heteroatoms. The molecule has 5 nitrogen and oxygen atoms in total. The van der Waals surface area contributed by atoms with Gasteiger partial charge in [-0.05, 0) is 37.5 Å². The van der Waals surface area contributed by atoms with Crippen LogP contribution in [0.1, 0.15) is 32.1 Å². The van der Waals surface area contributed by atoms with Crippen LogP contribution in [0.15, 0.2) is 48.6 Å². The predicted molar refractivity (Wildman–Crippen MR) is 107 cm³/mol. The summed E-state index contributed by atoms with van der Waals surface area (Å²) >= 11 is 5.92. The van der Waals surface area contributed by atoms with Crippen LogP contribution in [0.25, 0.3) is 0 Å². The lowest BCUT2D eigenvalue weighted by Gasteiger charge is -2.23. The third-order valence-electron chi connectivity index (χ3n) is 5.27. The van der Waals surface area contributed by atoms with Gasteiger partial charge in [0.05, 0.1) is 6.10 Å². The molecule has 0 saturated heterocycles. The molecule has 0 bridgehead atoms. The minimum atomic E-state index is -0.817. The molecule has 1 fully saturated rings. The molecule has 2 N–H and O–H groups in total. The van der Waals surface area contributed by atoms with Crippen LogP contribution in [0.5, 0.6) is 5.75 Å². The Labute approximate surface area is 170 Å². The third-order valence-corrected chi connectivity index (χ3v) is 5.51. The second-order valence-electron chi connectivity index (χ2n) is 7.39. The van der Waals surface area contributed by atoms with E-state index >= 15 is 0 Å². The molecule has 0 amide bonds. The minimum Gasteiger partial charge on any atom is -0.491 e. The van der Waals surface area contributed by atoms with Crippen molar-refractivity contribution in [2.75, 3.05) is 6.61 Å². The Balaban J connectivity index is 1.60. The monoisotopic (exact) mass is 406 g/mol. The van der Waals surface area contributed by atoms with Crippen molar-refractivity contribution in [3.05, 3.63) is 53.6 Å². The van der Waals surface area contributed by atoms with E-state index in [0.29, 0.717) is 23.6 Å². The molecule has 1 aromatic carbocycles. The summed E-state index contributed by atoms with van der Waals surface area (Å²) in [5, 5.41) is 21.3. The molecule has 2 aliphatic rings. The molecule has 1 aliphatic heterocycles. The molecular weight excluding hydrogens is 380 g/mol. The van der Waals surface area contributed by atoms with E-state index in [0.717, 1.165) is 19.3 Å². The lowest BCUT2D eigenvalue weighted by atomic mass is 9.89. The molecule has 0 aromatic heterocycles. The molecular formula is C22H27ClO5. The normalized spacial score (nSPS) is 30.5. The zero-order valence-corrected chi connectivity index (χ0v) is 16.5. The fraction of sp³-hybridized carbons (Fsp3) is 0.500. The second kappa shape index (κ2) is 10.1. The van der Waals surface area contributed by atoms with Crippen molar-refractivity contribution in [1.29, 1.82) is 0 Å². The number of esters is 1. The van der Waals surface area contributed by atoms with Crippen LogP contribution >= 0.6 is 11.6 Å². The molecule has 1 aromatic rings. The Hall–Kier alpha value is -1.82. The van der Waals surface area contributed by atoms with Crippen LogP contribution in [0.2, 0.25) is 5.02 Å². The largest absolute Gasteiger partial charge is 0.491 e. The number of hydrogen-bond donors (Lipinski definition) is 2. The summed E-state index contributed by atoms with van der Waals surface area (Å²) in [5.74, 6) is 0.218. The molecule has 0 radical (unpaired) electrons. The highest BCUT2D eigenvalue weighted by atomic mass is 35.5. The summed E-state index contributed by atoms with van der Waals surface area (Å²) in [6, 6.07) is 6.99. The predicted octanol–water partition coefficient (Wildman–Crippen LogP) is 3.67. The number of aliphatic hydroxyl groups excluding tert-OH is 2. The first-order valence-corrected chi connectivity index (χ1v) is 10.2. The number of fused-ring (bicyclic) bond motifs is 1. The van der Waals surface area contributed by atoms with Gasteiger partial charge < -0.3 is 19.7 Å². The summed E-state index contributed by atoms with van der Waals surface area (Å²) in [6.07, 6.45) is 9.17. The van der Waals surface area contributed by atoms with E-state index in [-0.39, 0.29) is 30.5 Å². The quantitative estimate of drug-likeness (QED) is 0.576. The molecule has 152 valence electrons. The van der Waals surface area contributed by atoms with Crippen LogP contribution in [0.4, 0.5) is 0 Å². The average Bonchev–Trinajstić information content (AvgIpc) is 2.95. The van der Waals surface area contributed by atoms with Crippen LogP contribution in [-0.2, 0) is 9.53 Å². The molecule has 1 saturated carbocycles. The summed E-state index contributed by atoms with van der Waals surface area (Å²) in [6.45, 7) is 0.0860. The van der Waals surface area contributed by atoms with Crippen LogP contribution in [0.3, 0.4) is 0 Å². The molecule has 1 heterocycles. The first-order chi connectivity index (χ1) is 13.5. The number of rotatable bonds is 5. The number of aliphatic hydroxyl groups is 2. The summed E-state index contributed by atoms with van der Waals surface area (Å²) in [7, 11) is 0. The fourth-order valence-corrected chi connectivity index (χ4v) is 4.01. The minimum absolute atomic E-state index is 0.00518. The molecule has 0 unspecified atom stereocenters. The highest BCUT2D eigenvalue weighted by molar-refractivity contribution is 6.30. The van der Waals surface area contributed by atoms with Gasteiger partial charge in [0.25, 0.3) is 0 Å². The van der Waals surface area contributed by atoms with Crippen molar-refractivity contribution in [1.82, 2.24) is 0 Å². The topological polar surface area (TPSA) is 76.0 Å². The van der Waals surface area contributed by atoms with Gasteiger partial charge in [-0.3, -0.25) is 4.79 Å². The zero-order chi connectivity index (χ0) is 19.9. The number of allylic oxidation sites excluding steroid dienone is 2. The van der Waals surface area contributed by atoms with Crippen molar-refractivity contribution in [3.8, 4) is 5.75 Å². The Morgan fingerprint density at radius 1 is 1.36 bits per heavy atom. The van der Waals surface area contributed by atoms with E-state index in [1.807, 2.05) is 6.08 Å². The Bertz CT molecular complexity index is 717. The first kappa shape index (κ1) is 20.9. The fourth-order valence-electron chi connectivity index (χ4n) is 3.83. The average molecular weight is 407 g/mol. The van der Waals surface area contributed by atoms with Gasteiger partial charge in [-0.15, -0.1) is 0 Å². The van der Waals surface area contributed by atoms with Gasteiger partial charge in [0.1, 0.15) is 24.6 Å². The smallest absolute Gasteiger partial charge is 0.306 e. The van der Waals surface area contributed by atoms with Crippen molar-refractivity contribution in [2.45, 2.75) is 50.4 Å². The number of benzene rings is 1. The first-order valence-electron chi connectivity index (χ1n) is 9.80. The van der Waals surface area contributed by atoms with Gasteiger partial charge in [0, 0.05) is 29.7 Å². The van der Waals surface area contributed by atoms with E-state index in [2.05, 4.69) is 12.2 Å². The Kier molecular flexibility index (Phi) is 7.54. The molecule has 3 rings (SSSR count). The lowest BCUT2D eigenvalue weighted by molar-refractivity contribution is -0.151. The maximum absolute atomic E-state index is 12.0. The van der Waals surface area contributed by atoms with Gasteiger partial charge >= 0.3 is 5.97 Å². The molecule has 5 atom stereocenters. The molecule has 1 aliphatic carbocycles. The van der Waals surface area contributed by atoms with Gasteiger partial charge in [-0.25, -0.2) is 0 Å². The van der Waals surface area contributed by atoms with Gasteiger partial charge in [-0.1, -0.05) is 42.0 Å². The van der Waals surface area contributed by atoms with E-state index in [9.17, 15) is 15.0 Å². The SMILES string of the molecule is O=C1CCC/C=C\C[C@@H]2[C@@H](/C=C/[C@@H](O)COc3cccc(Cl)c3)[C@H](O)C[C@@H]2O1. The third kappa shape index (κ3) is 5.84. The lowest BCUT2D eigenvalue weighted by Crippen LogP contribution is -2.25. The maximum Gasteiger partial charge on any atom is 0.306 e. The number of ether oxygens (including phenoxy) is 2. The summed E-state index contributed by atoms with van der Waals surface area (Å²) in [4.78, 5) is 12.0. The van der Waals surface area contributed by atoms with Crippen molar-refractivity contribution in [2.24, 2.45) is 11.8 Å². The maximum atomic E-state index is 12.0. The standard InChI is InChI=1S/C22H27ClO5/c23-15-6-5-7-17(12-15)27-14-16(24)10-11-18-19-8-3-1-2-4-9-22(26)28-21(19)13-20(18)25/h1,3,5-7,10-12,16,18-21,24-25H,2,4,8-9,13-14H2/b3-1-,11-10+/t16-,18-,19-,20-,21+/m1/s1. The van der Waals surface area contributed by atoms with Crippen molar-refractivity contribution in [3.63, 3.8) is 0 Å². The number of hydrogen-bond acceptors (Lipinski definition) is 5. The van der Waals surface area contributed by atoms with E-state index in [1.165, 1.54) is 0 Å². The van der Waals surface area contributed by atoms with Crippen LogP contribution < -0.4 is 4.74 Å². The van der Waals surface area contributed by atoms with Gasteiger partial charge in [0.2, 0.25) is 0 Å². The van der Waals surface area contributed by atoms with Crippen LogP contribution in [-0.4, -0.2) is 41.1 Å². The number of carbonyl (C=O) groups excluding carboxylic acids is 1.